The van der Waals surface area contributed by atoms with Crippen molar-refractivity contribution in [2.24, 2.45) is 0 Å². The highest BCUT2D eigenvalue weighted by molar-refractivity contribution is 7.90. The molecule has 0 amide bonds. The first kappa shape index (κ1) is 19.4. The zero-order valence-electron chi connectivity index (χ0n) is 12.5. The van der Waals surface area contributed by atoms with Gasteiger partial charge < -0.3 is 5.32 Å². The summed E-state index contributed by atoms with van der Waals surface area (Å²) in [4.78, 5) is 0.203. The number of sulfone groups is 1. The average molecular weight is 369 g/mol. The van der Waals surface area contributed by atoms with E-state index in [1.54, 1.807) is 12.1 Å². The fourth-order valence-corrected chi connectivity index (χ4v) is 4.65. The Balaban J connectivity index is 0.00000242. The van der Waals surface area contributed by atoms with Gasteiger partial charge in [0.25, 0.3) is 0 Å². The van der Waals surface area contributed by atoms with Crippen LogP contribution in [0.5, 0.6) is 0 Å². The number of hydrogen-bond donors (Lipinski definition) is 1. The first-order valence-corrected chi connectivity index (χ1v) is 10.2. The van der Waals surface area contributed by atoms with E-state index in [1.165, 1.54) is 16.4 Å². The van der Waals surface area contributed by atoms with E-state index in [0.717, 1.165) is 6.26 Å². The number of halogens is 1. The first-order chi connectivity index (χ1) is 9.68. The predicted molar refractivity (Wildman–Crippen MR) is 88.5 cm³/mol. The molecule has 1 aromatic rings. The number of nitrogens with one attached hydrogen (secondary N) is 1. The summed E-state index contributed by atoms with van der Waals surface area (Å²) in [6, 6.07) is 6.18. The van der Waals surface area contributed by atoms with Gasteiger partial charge in [-0.1, -0.05) is 12.1 Å². The Hall–Kier alpha value is -0.670. The smallest absolute Gasteiger partial charge is 0.243 e. The molecule has 22 heavy (non-hydrogen) atoms. The summed E-state index contributed by atoms with van der Waals surface area (Å²) in [6.07, 6.45) is 1.15. The Morgan fingerprint density at radius 1 is 1.18 bits per heavy atom. The summed E-state index contributed by atoms with van der Waals surface area (Å²) in [5.41, 5.74) is 0.588. The third-order valence-electron chi connectivity index (χ3n) is 3.32. The number of piperazine rings is 1. The van der Waals surface area contributed by atoms with Crippen molar-refractivity contribution >= 4 is 32.3 Å². The van der Waals surface area contributed by atoms with Crippen LogP contribution in [0.25, 0.3) is 0 Å². The highest BCUT2D eigenvalue weighted by Gasteiger charge is 2.28. The minimum absolute atomic E-state index is 0. The average Bonchev–Trinajstić information content (AvgIpc) is 2.37. The van der Waals surface area contributed by atoms with Gasteiger partial charge in [0.1, 0.15) is 0 Å². The minimum atomic E-state index is -3.51. The predicted octanol–water partition coefficient (Wildman–Crippen LogP) is 0.635. The Bertz CT molecular complexity index is 702. The molecule has 0 aliphatic carbocycles. The van der Waals surface area contributed by atoms with Crippen molar-refractivity contribution in [1.29, 1.82) is 0 Å². The molecular formula is C13H21ClN2O4S2. The molecule has 1 aromatic carbocycles. The standard InChI is InChI=1S/C13H20N2O4S2.ClH/c1-11-9-15(8-7-14-11)21(18,19)13-5-3-12(4-6-13)10-20(2,16)17;/h3-6,11,14H,7-10H2,1-2H3;1H/t11-;/m1./s1. The van der Waals surface area contributed by atoms with Crippen LogP contribution in [0.1, 0.15) is 12.5 Å². The van der Waals surface area contributed by atoms with Crippen molar-refractivity contribution in [1.82, 2.24) is 9.62 Å². The largest absolute Gasteiger partial charge is 0.312 e. The van der Waals surface area contributed by atoms with E-state index in [9.17, 15) is 16.8 Å². The molecule has 1 heterocycles. The van der Waals surface area contributed by atoms with Crippen LogP contribution in [0, 0.1) is 0 Å². The maximum atomic E-state index is 12.5. The van der Waals surface area contributed by atoms with Crippen molar-refractivity contribution in [2.75, 3.05) is 25.9 Å². The number of nitrogens with zero attached hydrogens (tertiary/aromatic N) is 1. The summed E-state index contributed by atoms with van der Waals surface area (Å²) in [6.45, 7) is 3.45. The van der Waals surface area contributed by atoms with Crippen molar-refractivity contribution in [2.45, 2.75) is 23.6 Å². The van der Waals surface area contributed by atoms with Crippen LogP contribution in [-0.4, -0.2) is 53.1 Å². The van der Waals surface area contributed by atoms with E-state index < -0.39 is 19.9 Å². The fraction of sp³-hybridized carbons (Fsp3) is 0.538. The van der Waals surface area contributed by atoms with Gasteiger partial charge in [0.15, 0.2) is 9.84 Å². The summed E-state index contributed by atoms with van der Waals surface area (Å²) >= 11 is 0. The molecule has 0 unspecified atom stereocenters. The topological polar surface area (TPSA) is 83.6 Å². The molecule has 1 fully saturated rings. The number of benzene rings is 1. The normalized spacial score (nSPS) is 20.4. The molecule has 0 aromatic heterocycles. The SMILES string of the molecule is C[C@@H]1CN(S(=O)(=O)c2ccc(CS(C)(=O)=O)cc2)CCN1.Cl. The van der Waals surface area contributed by atoms with Gasteiger partial charge in [0.2, 0.25) is 10.0 Å². The third-order valence-corrected chi connectivity index (χ3v) is 6.06. The molecule has 1 saturated heterocycles. The van der Waals surface area contributed by atoms with Gasteiger partial charge in [0, 0.05) is 31.9 Å². The summed E-state index contributed by atoms with van der Waals surface area (Å²) in [7, 11) is -6.63. The van der Waals surface area contributed by atoms with Crippen molar-refractivity contribution in [3.05, 3.63) is 29.8 Å². The lowest BCUT2D eigenvalue weighted by atomic mass is 10.2. The minimum Gasteiger partial charge on any atom is -0.312 e. The number of hydrogen-bond acceptors (Lipinski definition) is 5. The van der Waals surface area contributed by atoms with E-state index in [4.69, 9.17) is 0 Å². The zero-order chi connectivity index (χ0) is 15.7. The summed E-state index contributed by atoms with van der Waals surface area (Å²) in [5, 5.41) is 3.20. The van der Waals surface area contributed by atoms with Gasteiger partial charge in [-0.3, -0.25) is 0 Å². The van der Waals surface area contributed by atoms with E-state index >= 15 is 0 Å². The highest BCUT2D eigenvalue weighted by atomic mass is 35.5. The molecular weight excluding hydrogens is 348 g/mol. The Morgan fingerprint density at radius 2 is 1.77 bits per heavy atom. The van der Waals surface area contributed by atoms with Crippen LogP contribution in [0.2, 0.25) is 0 Å². The van der Waals surface area contributed by atoms with E-state index in [2.05, 4.69) is 5.32 Å². The number of rotatable bonds is 4. The second-order valence-electron chi connectivity index (χ2n) is 5.43. The van der Waals surface area contributed by atoms with Crippen LogP contribution in [0.15, 0.2) is 29.2 Å². The van der Waals surface area contributed by atoms with Crippen LogP contribution in [0.4, 0.5) is 0 Å². The molecule has 9 heteroatoms. The summed E-state index contributed by atoms with van der Waals surface area (Å²) < 4.78 is 48.9. The second kappa shape index (κ2) is 7.27. The Labute approximate surface area is 138 Å². The van der Waals surface area contributed by atoms with Gasteiger partial charge >= 0.3 is 0 Å². The van der Waals surface area contributed by atoms with Gasteiger partial charge in [-0.05, 0) is 24.6 Å². The molecule has 126 valence electrons. The quantitative estimate of drug-likeness (QED) is 0.843. The lowest BCUT2D eigenvalue weighted by Crippen LogP contribution is -2.51. The van der Waals surface area contributed by atoms with Crippen LogP contribution in [0.3, 0.4) is 0 Å². The van der Waals surface area contributed by atoms with E-state index in [1.807, 2.05) is 6.92 Å². The maximum absolute atomic E-state index is 12.5. The molecule has 0 saturated carbocycles. The molecule has 6 nitrogen and oxygen atoms in total. The summed E-state index contributed by atoms with van der Waals surface area (Å²) in [5.74, 6) is -0.0853. The van der Waals surface area contributed by atoms with Crippen LogP contribution < -0.4 is 5.32 Å². The van der Waals surface area contributed by atoms with Crippen molar-refractivity contribution in [3.8, 4) is 0 Å². The van der Waals surface area contributed by atoms with Gasteiger partial charge in [-0.25, -0.2) is 16.8 Å². The number of sulfonamides is 1. The Morgan fingerprint density at radius 3 is 2.27 bits per heavy atom. The second-order valence-corrected chi connectivity index (χ2v) is 9.51. The lowest BCUT2D eigenvalue weighted by molar-refractivity contribution is 0.310. The Kier molecular flexibility index (Phi) is 6.40. The fourth-order valence-electron chi connectivity index (χ4n) is 2.32. The van der Waals surface area contributed by atoms with Crippen molar-refractivity contribution in [3.63, 3.8) is 0 Å². The van der Waals surface area contributed by atoms with Crippen molar-refractivity contribution < 1.29 is 16.8 Å². The molecule has 0 radical (unpaired) electrons. The monoisotopic (exact) mass is 368 g/mol. The molecule has 0 bridgehead atoms. The lowest BCUT2D eigenvalue weighted by Gasteiger charge is -2.31. The highest BCUT2D eigenvalue weighted by Crippen LogP contribution is 2.18. The molecule has 1 aliphatic rings. The van der Waals surface area contributed by atoms with E-state index in [0.29, 0.717) is 25.2 Å². The molecule has 1 atom stereocenters. The molecule has 2 rings (SSSR count). The van der Waals surface area contributed by atoms with E-state index in [-0.39, 0.29) is 29.1 Å². The first-order valence-electron chi connectivity index (χ1n) is 6.69. The molecule has 1 N–H and O–H groups in total. The van der Waals surface area contributed by atoms with Crippen LogP contribution >= 0.6 is 12.4 Å². The van der Waals surface area contributed by atoms with Gasteiger partial charge in [-0.2, -0.15) is 4.31 Å². The molecule has 0 spiro atoms. The van der Waals surface area contributed by atoms with Gasteiger partial charge in [0.05, 0.1) is 10.6 Å². The third kappa shape index (κ3) is 4.92. The zero-order valence-corrected chi connectivity index (χ0v) is 15.0. The molecule has 1 aliphatic heterocycles. The van der Waals surface area contributed by atoms with Gasteiger partial charge in [-0.15, -0.1) is 12.4 Å². The maximum Gasteiger partial charge on any atom is 0.243 e. The van der Waals surface area contributed by atoms with Crippen LogP contribution in [-0.2, 0) is 25.6 Å².